The monoisotopic (exact) mass is 343 g/mol. The molecule has 0 fully saturated rings. The number of esters is 1. The van der Waals surface area contributed by atoms with Gasteiger partial charge in [-0.25, -0.2) is 0 Å². The Morgan fingerprint density at radius 2 is 1.88 bits per heavy atom. The lowest BCUT2D eigenvalue weighted by Gasteiger charge is -2.21. The van der Waals surface area contributed by atoms with Crippen LogP contribution in [-0.2, 0) is 25.7 Å². The minimum Gasteiger partial charge on any atom is -0.483 e. The molecule has 1 aromatic rings. The molecule has 0 amide bonds. The van der Waals surface area contributed by atoms with Crippen LogP contribution in [0, 0.1) is 11.3 Å². The molecular weight excluding hydrogens is 318 g/mol. The van der Waals surface area contributed by atoms with Crippen molar-refractivity contribution in [3.63, 3.8) is 0 Å². The van der Waals surface area contributed by atoms with E-state index in [0.717, 1.165) is 5.56 Å². The fourth-order valence-corrected chi connectivity index (χ4v) is 2.28. The van der Waals surface area contributed by atoms with Crippen LogP contribution in [0.5, 0.6) is 0 Å². The van der Waals surface area contributed by atoms with Crippen LogP contribution in [0.2, 0.25) is 0 Å². The largest absolute Gasteiger partial charge is 0.483 e. The summed E-state index contributed by atoms with van der Waals surface area (Å²) in [6.45, 7) is 7.65. The van der Waals surface area contributed by atoms with Crippen LogP contribution in [-0.4, -0.2) is 24.6 Å². The summed E-state index contributed by atoms with van der Waals surface area (Å²) in [6.07, 6.45) is 2.01. The SMILES string of the molecule is CC1=C(OCc2ccccc2)C(=O)C(CCOC(=O)C(C)(C)C)C=N1. The van der Waals surface area contributed by atoms with E-state index in [0.29, 0.717) is 24.5 Å². The molecule has 0 radical (unpaired) electrons. The molecule has 1 aliphatic rings. The van der Waals surface area contributed by atoms with Gasteiger partial charge >= 0.3 is 5.97 Å². The molecule has 5 heteroatoms. The van der Waals surface area contributed by atoms with Gasteiger partial charge in [-0.05, 0) is 39.7 Å². The van der Waals surface area contributed by atoms with Gasteiger partial charge in [0.25, 0.3) is 0 Å². The van der Waals surface area contributed by atoms with Crippen molar-refractivity contribution in [1.29, 1.82) is 0 Å². The van der Waals surface area contributed by atoms with E-state index in [1.807, 2.05) is 30.3 Å². The third kappa shape index (κ3) is 5.28. The fraction of sp³-hybridized carbons (Fsp3) is 0.450. The van der Waals surface area contributed by atoms with Crippen LogP contribution >= 0.6 is 0 Å². The van der Waals surface area contributed by atoms with Gasteiger partial charge in [-0.3, -0.25) is 14.6 Å². The predicted octanol–water partition coefficient (Wildman–Crippen LogP) is 3.68. The molecule has 5 nitrogen and oxygen atoms in total. The normalized spacial score (nSPS) is 17.6. The number of allylic oxidation sites excluding steroid dienone is 2. The predicted molar refractivity (Wildman–Crippen MR) is 96.0 cm³/mol. The van der Waals surface area contributed by atoms with Gasteiger partial charge in [0.2, 0.25) is 5.78 Å². The van der Waals surface area contributed by atoms with Crippen molar-refractivity contribution in [1.82, 2.24) is 0 Å². The van der Waals surface area contributed by atoms with Gasteiger partial charge in [-0.15, -0.1) is 0 Å². The molecule has 1 atom stereocenters. The van der Waals surface area contributed by atoms with Crippen molar-refractivity contribution >= 4 is 18.0 Å². The average molecular weight is 343 g/mol. The summed E-state index contributed by atoms with van der Waals surface area (Å²) in [7, 11) is 0. The molecule has 0 aliphatic carbocycles. The molecule has 0 saturated heterocycles. The number of hydrogen-bond donors (Lipinski definition) is 0. The van der Waals surface area contributed by atoms with Gasteiger partial charge in [0, 0.05) is 6.21 Å². The lowest BCUT2D eigenvalue weighted by molar-refractivity contribution is -0.153. The second kappa shape index (κ2) is 8.10. The highest BCUT2D eigenvalue weighted by Crippen LogP contribution is 2.22. The molecule has 0 N–H and O–H groups in total. The number of carbonyl (C=O) groups is 2. The summed E-state index contributed by atoms with van der Waals surface area (Å²) < 4.78 is 11.0. The molecule has 1 aliphatic heterocycles. The van der Waals surface area contributed by atoms with E-state index >= 15 is 0 Å². The first-order valence-electron chi connectivity index (χ1n) is 8.42. The Hall–Kier alpha value is -2.43. The molecular formula is C20H25NO4. The quantitative estimate of drug-likeness (QED) is 0.739. The molecule has 0 spiro atoms. The molecule has 2 rings (SSSR count). The molecule has 0 saturated carbocycles. The standard InChI is InChI=1S/C20H25NO4/c1-14-18(25-13-15-8-6-5-7-9-15)17(22)16(12-21-14)10-11-24-19(23)20(2,3)4/h5-9,12,16H,10-11,13H2,1-4H3. The Morgan fingerprint density at radius 3 is 2.52 bits per heavy atom. The second-order valence-electron chi connectivity index (χ2n) is 7.11. The zero-order valence-electron chi connectivity index (χ0n) is 15.2. The van der Waals surface area contributed by atoms with Crippen LogP contribution in [0.3, 0.4) is 0 Å². The maximum absolute atomic E-state index is 12.6. The first kappa shape index (κ1) is 18.9. The van der Waals surface area contributed by atoms with Crippen LogP contribution in [0.1, 0.15) is 39.7 Å². The van der Waals surface area contributed by atoms with Crippen molar-refractivity contribution in [2.75, 3.05) is 6.61 Å². The first-order valence-corrected chi connectivity index (χ1v) is 8.42. The van der Waals surface area contributed by atoms with E-state index in [1.54, 1.807) is 33.9 Å². The van der Waals surface area contributed by atoms with Gasteiger partial charge in [-0.2, -0.15) is 0 Å². The van der Waals surface area contributed by atoms with E-state index in [1.165, 1.54) is 0 Å². The lowest BCUT2D eigenvalue weighted by Crippen LogP contribution is -2.28. The Labute approximate surface area is 148 Å². The Balaban J connectivity index is 1.91. The maximum atomic E-state index is 12.6. The number of ketones is 1. The molecule has 25 heavy (non-hydrogen) atoms. The van der Waals surface area contributed by atoms with E-state index in [-0.39, 0.29) is 18.4 Å². The van der Waals surface area contributed by atoms with E-state index < -0.39 is 11.3 Å². The van der Waals surface area contributed by atoms with E-state index in [4.69, 9.17) is 9.47 Å². The highest BCUT2D eigenvalue weighted by atomic mass is 16.5. The van der Waals surface area contributed by atoms with Gasteiger partial charge in [-0.1, -0.05) is 30.3 Å². The Morgan fingerprint density at radius 1 is 1.20 bits per heavy atom. The van der Waals surface area contributed by atoms with Crippen molar-refractivity contribution in [2.24, 2.45) is 16.3 Å². The zero-order chi connectivity index (χ0) is 18.4. The zero-order valence-corrected chi connectivity index (χ0v) is 15.2. The van der Waals surface area contributed by atoms with Gasteiger partial charge in [0.05, 0.1) is 23.6 Å². The van der Waals surface area contributed by atoms with Gasteiger partial charge in [0.1, 0.15) is 6.61 Å². The number of benzene rings is 1. The molecule has 1 heterocycles. The number of rotatable bonds is 6. The second-order valence-corrected chi connectivity index (χ2v) is 7.11. The molecule has 0 aromatic heterocycles. The van der Waals surface area contributed by atoms with E-state index in [9.17, 15) is 9.59 Å². The number of carbonyl (C=O) groups excluding carboxylic acids is 2. The third-order valence-corrected chi connectivity index (χ3v) is 3.84. The Kier molecular flexibility index (Phi) is 6.12. The lowest BCUT2D eigenvalue weighted by atomic mass is 9.96. The van der Waals surface area contributed by atoms with Crippen LogP contribution in [0.15, 0.2) is 46.8 Å². The van der Waals surface area contributed by atoms with Crippen molar-refractivity contribution in [3.8, 4) is 0 Å². The smallest absolute Gasteiger partial charge is 0.311 e. The summed E-state index contributed by atoms with van der Waals surface area (Å²) in [6, 6.07) is 9.66. The fourth-order valence-electron chi connectivity index (χ4n) is 2.28. The third-order valence-electron chi connectivity index (χ3n) is 3.84. The number of hydrogen-bond acceptors (Lipinski definition) is 5. The van der Waals surface area contributed by atoms with Crippen LogP contribution < -0.4 is 0 Å². The highest BCUT2D eigenvalue weighted by Gasteiger charge is 2.28. The average Bonchev–Trinajstić information content (AvgIpc) is 2.56. The summed E-state index contributed by atoms with van der Waals surface area (Å²) in [4.78, 5) is 28.7. The number of aliphatic imine (C=N–C) groups is 1. The molecule has 1 aromatic carbocycles. The summed E-state index contributed by atoms with van der Waals surface area (Å²) in [5.41, 5.74) is 1.01. The number of ether oxygens (including phenoxy) is 2. The summed E-state index contributed by atoms with van der Waals surface area (Å²) >= 11 is 0. The number of Topliss-reactive ketones (excluding diaryl/α,β-unsaturated/α-hetero) is 1. The number of nitrogens with zero attached hydrogens (tertiary/aromatic N) is 1. The van der Waals surface area contributed by atoms with Crippen molar-refractivity contribution < 1.29 is 19.1 Å². The highest BCUT2D eigenvalue weighted by molar-refractivity contribution is 6.06. The van der Waals surface area contributed by atoms with Crippen molar-refractivity contribution in [2.45, 2.75) is 40.7 Å². The minimum absolute atomic E-state index is 0.116. The van der Waals surface area contributed by atoms with Gasteiger partial charge < -0.3 is 9.47 Å². The molecule has 1 unspecified atom stereocenters. The summed E-state index contributed by atoms with van der Waals surface area (Å²) in [5, 5.41) is 0. The molecule has 134 valence electrons. The van der Waals surface area contributed by atoms with Gasteiger partial charge in [0.15, 0.2) is 5.76 Å². The van der Waals surface area contributed by atoms with Crippen LogP contribution in [0.4, 0.5) is 0 Å². The first-order chi connectivity index (χ1) is 11.8. The summed E-state index contributed by atoms with van der Waals surface area (Å²) in [5.74, 6) is -0.532. The topological polar surface area (TPSA) is 65.0 Å². The van der Waals surface area contributed by atoms with Crippen molar-refractivity contribution in [3.05, 3.63) is 47.4 Å². The maximum Gasteiger partial charge on any atom is 0.311 e. The Bertz CT molecular complexity index is 683. The minimum atomic E-state index is -0.550. The van der Waals surface area contributed by atoms with Crippen LogP contribution in [0.25, 0.3) is 0 Å². The molecule has 0 bridgehead atoms. The van der Waals surface area contributed by atoms with E-state index in [2.05, 4.69) is 4.99 Å².